The lowest BCUT2D eigenvalue weighted by Crippen LogP contribution is -2.38. The first-order valence-corrected chi connectivity index (χ1v) is 16.5. The summed E-state index contributed by atoms with van der Waals surface area (Å²) in [6, 6.07) is 0. The van der Waals surface area contributed by atoms with Crippen molar-refractivity contribution >= 4 is 28.9 Å². The van der Waals surface area contributed by atoms with Gasteiger partial charge in [-0.1, -0.05) is 26.2 Å². The van der Waals surface area contributed by atoms with Crippen LogP contribution in [0.4, 0.5) is 5.69 Å². The molecule has 1 aromatic heterocycles. The molecule has 3 rings (SSSR count). The van der Waals surface area contributed by atoms with Gasteiger partial charge < -0.3 is 34.9 Å². The van der Waals surface area contributed by atoms with Crippen LogP contribution in [0.3, 0.4) is 0 Å². The second kappa shape index (κ2) is 12.5. The van der Waals surface area contributed by atoms with Gasteiger partial charge in [-0.2, -0.15) is 4.31 Å². The predicted molar refractivity (Wildman–Crippen MR) is 130 cm³/mol. The summed E-state index contributed by atoms with van der Waals surface area (Å²) in [6.07, 6.45) is -2.34. The van der Waals surface area contributed by atoms with Gasteiger partial charge in [-0.3, -0.25) is 23.4 Å². The molecule has 0 spiro atoms. The van der Waals surface area contributed by atoms with Crippen LogP contribution in [0.1, 0.15) is 51.7 Å². The summed E-state index contributed by atoms with van der Waals surface area (Å²) in [5.41, 5.74) is -2.65. The Morgan fingerprint density at radius 3 is 2.34 bits per heavy atom. The van der Waals surface area contributed by atoms with Gasteiger partial charge in [0, 0.05) is 12.7 Å². The molecule has 7 atom stereocenters. The molecule has 7 N–H and O–H groups in total. The average Bonchev–Trinajstić information content (AvgIpc) is 3.10. The van der Waals surface area contributed by atoms with Crippen molar-refractivity contribution in [3.63, 3.8) is 0 Å². The fourth-order valence-corrected chi connectivity index (χ4v) is 8.80. The summed E-state index contributed by atoms with van der Waals surface area (Å²) in [5.74, 6) is 0. The standard InChI is InChI=1S/C18H32N3O14P3/c1-2-8-19-12-9-21(18(25)20-16(12)24)17-15(23)14(22)13(33-17)10-32-37(28,29)35-38(30,31)34-36(26,27)11-6-4-3-5-7-11/h9,11,13-15,17,19,22-23H,2-8,10H2,1H3,(H,26,27)(H,28,29)(H,30,31)(H,20,24,25)/t13-,14-,15-,17-/m1/s1. The number of H-pyrrole nitrogens is 1. The van der Waals surface area contributed by atoms with Gasteiger partial charge in [-0.25, -0.2) is 18.2 Å². The first-order valence-electron chi connectivity index (χ1n) is 11.8. The zero-order valence-corrected chi connectivity index (χ0v) is 23.0. The lowest BCUT2D eigenvalue weighted by atomic mass is 10.0. The minimum atomic E-state index is -5.57. The lowest BCUT2D eigenvalue weighted by Gasteiger charge is -2.27. The number of phosphoric ester groups is 1. The molecule has 20 heteroatoms. The number of aliphatic hydroxyl groups is 2. The van der Waals surface area contributed by atoms with Gasteiger partial charge in [0.1, 0.15) is 24.0 Å². The third-order valence-corrected chi connectivity index (χ3v) is 11.3. The lowest BCUT2D eigenvalue weighted by molar-refractivity contribution is -0.0541. The van der Waals surface area contributed by atoms with Crippen LogP contribution in [0.15, 0.2) is 15.8 Å². The maximum Gasteiger partial charge on any atom is 0.488 e. The van der Waals surface area contributed by atoms with Crippen molar-refractivity contribution in [1.29, 1.82) is 0 Å². The number of aromatic nitrogens is 2. The number of rotatable bonds is 12. The normalized spacial score (nSPS) is 29.3. The molecular formula is C18H32N3O14P3. The highest BCUT2D eigenvalue weighted by molar-refractivity contribution is 7.68. The highest BCUT2D eigenvalue weighted by Gasteiger charge is 2.48. The molecule has 38 heavy (non-hydrogen) atoms. The van der Waals surface area contributed by atoms with Crippen molar-refractivity contribution in [1.82, 2.24) is 9.55 Å². The summed E-state index contributed by atoms with van der Waals surface area (Å²) in [7, 11) is -15.7. The maximum absolute atomic E-state index is 12.4. The Morgan fingerprint density at radius 2 is 1.71 bits per heavy atom. The minimum absolute atomic E-state index is 0.0159. The van der Waals surface area contributed by atoms with Gasteiger partial charge in [0.2, 0.25) is 0 Å². The molecule has 1 aromatic rings. The molecule has 1 saturated carbocycles. The summed E-state index contributed by atoms with van der Waals surface area (Å²) in [6.45, 7) is 1.25. The summed E-state index contributed by atoms with van der Waals surface area (Å²) in [5, 5.41) is 23.5. The quantitative estimate of drug-likeness (QED) is 0.162. The Labute approximate surface area is 216 Å². The van der Waals surface area contributed by atoms with Crippen molar-refractivity contribution in [3.8, 4) is 0 Å². The Bertz CT molecular complexity index is 1230. The fraction of sp³-hybridized carbons (Fsp3) is 0.778. The summed E-state index contributed by atoms with van der Waals surface area (Å²) in [4.78, 5) is 56.0. The largest absolute Gasteiger partial charge is 0.488 e. The Hall–Kier alpha value is -1.19. The van der Waals surface area contributed by atoms with E-state index in [4.69, 9.17) is 4.74 Å². The van der Waals surface area contributed by atoms with Crippen LogP contribution in [0, 0.1) is 0 Å². The number of hydrogen-bond acceptors (Lipinski definition) is 12. The minimum Gasteiger partial charge on any atom is -0.387 e. The Kier molecular flexibility index (Phi) is 10.3. The van der Waals surface area contributed by atoms with Crippen LogP contribution in [0.25, 0.3) is 0 Å². The molecule has 1 aliphatic heterocycles. The van der Waals surface area contributed by atoms with Crippen molar-refractivity contribution in [3.05, 3.63) is 27.0 Å². The third kappa shape index (κ3) is 7.94. The molecule has 1 saturated heterocycles. The van der Waals surface area contributed by atoms with Crippen LogP contribution in [-0.2, 0) is 31.6 Å². The van der Waals surface area contributed by atoms with E-state index in [0.29, 0.717) is 25.8 Å². The van der Waals surface area contributed by atoms with Gasteiger partial charge in [0.05, 0.1) is 12.3 Å². The molecule has 2 aliphatic rings. The zero-order chi connectivity index (χ0) is 28.3. The van der Waals surface area contributed by atoms with Crippen molar-refractivity contribution < 1.29 is 56.5 Å². The number of aromatic amines is 1. The molecule has 2 heterocycles. The Balaban J connectivity index is 1.64. The van der Waals surface area contributed by atoms with Crippen LogP contribution in [0.2, 0.25) is 0 Å². The second-order valence-electron chi connectivity index (χ2n) is 8.93. The van der Waals surface area contributed by atoms with E-state index in [1.807, 2.05) is 11.9 Å². The van der Waals surface area contributed by atoms with E-state index in [0.717, 1.165) is 17.2 Å². The summed E-state index contributed by atoms with van der Waals surface area (Å²) >= 11 is 0. The molecule has 0 aromatic carbocycles. The topological polar surface area (TPSA) is 256 Å². The smallest absolute Gasteiger partial charge is 0.387 e. The van der Waals surface area contributed by atoms with E-state index in [1.54, 1.807) is 0 Å². The monoisotopic (exact) mass is 607 g/mol. The molecular weight excluding hydrogens is 575 g/mol. The van der Waals surface area contributed by atoms with Gasteiger partial charge in [0.25, 0.3) is 5.56 Å². The number of hydrogen-bond donors (Lipinski definition) is 7. The summed E-state index contributed by atoms with van der Waals surface area (Å²) < 4.78 is 56.1. The highest BCUT2D eigenvalue weighted by Crippen LogP contribution is 2.69. The first-order chi connectivity index (χ1) is 17.7. The van der Waals surface area contributed by atoms with Gasteiger partial charge >= 0.3 is 28.9 Å². The van der Waals surface area contributed by atoms with E-state index < -0.39 is 71.3 Å². The third-order valence-electron chi connectivity index (χ3n) is 6.01. The molecule has 0 bridgehead atoms. The van der Waals surface area contributed by atoms with Gasteiger partial charge in [-0.05, 0) is 19.3 Å². The van der Waals surface area contributed by atoms with Crippen LogP contribution in [-0.4, -0.2) is 71.6 Å². The Morgan fingerprint density at radius 1 is 1.05 bits per heavy atom. The van der Waals surface area contributed by atoms with E-state index in [-0.39, 0.29) is 18.5 Å². The molecule has 0 amide bonds. The van der Waals surface area contributed by atoms with Gasteiger partial charge in [-0.15, -0.1) is 0 Å². The van der Waals surface area contributed by atoms with Crippen molar-refractivity contribution in [2.24, 2.45) is 0 Å². The molecule has 0 radical (unpaired) electrons. The van der Waals surface area contributed by atoms with Gasteiger partial charge in [0.15, 0.2) is 6.23 Å². The SMILES string of the molecule is CCCNc1cn([C@@H]2O[C@H](COP(=O)(O)OP(=O)(O)OP(=O)(O)C3CCCCC3)[C@@H](O)[C@H]2O)c(=O)[nH]c1=O. The average molecular weight is 607 g/mol. The maximum atomic E-state index is 12.4. The van der Waals surface area contributed by atoms with Crippen LogP contribution < -0.4 is 16.6 Å². The van der Waals surface area contributed by atoms with E-state index in [1.165, 1.54) is 0 Å². The predicted octanol–water partition coefficient (Wildman–Crippen LogP) is 0.746. The zero-order valence-electron chi connectivity index (χ0n) is 20.3. The molecule has 1 aliphatic carbocycles. The molecule has 2 fully saturated rings. The van der Waals surface area contributed by atoms with Crippen molar-refractivity contribution in [2.75, 3.05) is 18.5 Å². The van der Waals surface area contributed by atoms with E-state index >= 15 is 0 Å². The van der Waals surface area contributed by atoms with E-state index in [9.17, 15) is 48.2 Å². The van der Waals surface area contributed by atoms with Crippen LogP contribution >= 0.6 is 23.2 Å². The van der Waals surface area contributed by atoms with Crippen LogP contribution in [0.5, 0.6) is 0 Å². The number of ether oxygens (including phenoxy) is 1. The van der Waals surface area contributed by atoms with E-state index in [2.05, 4.69) is 18.5 Å². The number of anilines is 1. The molecule has 3 unspecified atom stereocenters. The molecule has 218 valence electrons. The number of aliphatic hydroxyl groups excluding tert-OH is 2. The second-order valence-corrected chi connectivity index (χ2v) is 14.2. The number of phosphoric acid groups is 2. The fourth-order valence-electron chi connectivity index (χ4n) is 4.11. The highest BCUT2D eigenvalue weighted by atomic mass is 31.3. The first kappa shape index (κ1) is 31.3. The number of nitrogens with zero attached hydrogens (tertiary/aromatic N) is 1. The number of nitrogens with one attached hydrogen (secondary N) is 2. The molecule has 17 nitrogen and oxygen atoms in total. The van der Waals surface area contributed by atoms with Crippen molar-refractivity contribution in [2.45, 2.75) is 75.6 Å².